The molecule has 0 N–H and O–H groups in total. The average Bonchev–Trinajstić information content (AvgIpc) is 3.25. The molecule has 0 spiro atoms. The largest absolute Gasteiger partial charge is 0.454 e. The molecule has 1 fully saturated rings. The Bertz CT molecular complexity index is 1480. The van der Waals surface area contributed by atoms with Gasteiger partial charge in [-0.2, -0.15) is 27.7 Å². The van der Waals surface area contributed by atoms with E-state index in [1.165, 1.54) is 16.4 Å². The fourth-order valence-electron chi connectivity index (χ4n) is 3.74. The number of nitrogens with zero attached hydrogens (tertiary/aromatic N) is 4. The van der Waals surface area contributed by atoms with Crippen LogP contribution in [0, 0.1) is 17.1 Å². The molecule has 8 nitrogen and oxygen atoms in total. The summed E-state index contributed by atoms with van der Waals surface area (Å²) in [5.41, 5.74) is -1.18. The quantitative estimate of drug-likeness (QED) is 0.388. The van der Waals surface area contributed by atoms with Crippen LogP contribution >= 0.6 is 11.8 Å². The van der Waals surface area contributed by atoms with E-state index in [1.807, 2.05) is 0 Å². The van der Waals surface area contributed by atoms with Crippen LogP contribution in [0.3, 0.4) is 0 Å². The van der Waals surface area contributed by atoms with E-state index in [-0.39, 0.29) is 34.9 Å². The second-order valence-corrected chi connectivity index (χ2v) is 11.5. The number of amides is 1. The summed E-state index contributed by atoms with van der Waals surface area (Å²) in [7, 11) is -3.30. The van der Waals surface area contributed by atoms with Gasteiger partial charge in [-0.3, -0.25) is 4.79 Å². The summed E-state index contributed by atoms with van der Waals surface area (Å²) in [5.74, 6) is -2.62. The van der Waals surface area contributed by atoms with Crippen molar-refractivity contribution in [2.45, 2.75) is 13.1 Å². The molecule has 1 amide bonds. The highest BCUT2D eigenvalue weighted by Gasteiger charge is 2.35. The molecule has 0 aromatic heterocycles. The van der Waals surface area contributed by atoms with Crippen molar-refractivity contribution in [3.8, 4) is 17.6 Å². The smallest absolute Gasteiger partial charge is 0.420 e. The zero-order valence-corrected chi connectivity index (χ0v) is 21.5. The number of halogens is 4. The lowest BCUT2D eigenvalue weighted by Crippen LogP contribution is -2.50. The van der Waals surface area contributed by atoms with E-state index >= 15 is 0 Å². The number of nitriles is 1. The summed E-state index contributed by atoms with van der Waals surface area (Å²) >= 11 is 1.07. The number of hydrogen-bond acceptors (Lipinski definition) is 7. The average molecular weight is 569 g/mol. The number of hydrogen-bond donors (Lipinski definition) is 0. The number of carbonyl (C=O) groups is 1. The molecule has 0 saturated carbocycles. The number of benzene rings is 2. The minimum absolute atomic E-state index is 0.00538. The molecule has 2 heterocycles. The topological polar surface area (TPSA) is 103 Å². The Hall–Kier alpha value is -3.41. The molecule has 2 aromatic carbocycles. The maximum atomic E-state index is 14.7. The molecule has 0 atom stereocenters. The third kappa shape index (κ3) is 6.01. The van der Waals surface area contributed by atoms with Gasteiger partial charge in [0.1, 0.15) is 5.75 Å². The number of rotatable bonds is 5. The van der Waals surface area contributed by atoms with Gasteiger partial charge in [0, 0.05) is 26.2 Å². The van der Waals surface area contributed by atoms with Gasteiger partial charge in [0.25, 0.3) is 5.91 Å². The highest BCUT2D eigenvalue weighted by Crippen LogP contribution is 2.39. The van der Waals surface area contributed by atoms with Gasteiger partial charge in [-0.25, -0.2) is 12.8 Å². The Morgan fingerprint density at radius 1 is 1.13 bits per heavy atom. The first-order chi connectivity index (χ1) is 17.9. The van der Waals surface area contributed by atoms with Crippen molar-refractivity contribution in [3.05, 3.63) is 63.8 Å². The number of thioether (sulfide) groups is 1. The molecule has 0 unspecified atom stereocenters. The number of amidine groups is 1. The van der Waals surface area contributed by atoms with Crippen molar-refractivity contribution in [2.24, 2.45) is 4.99 Å². The minimum Gasteiger partial charge on any atom is -0.454 e. The van der Waals surface area contributed by atoms with Crippen LogP contribution in [0.2, 0.25) is 0 Å². The number of ether oxygens (including phenoxy) is 1. The highest BCUT2D eigenvalue weighted by molar-refractivity contribution is 8.18. The van der Waals surface area contributed by atoms with Crippen molar-refractivity contribution in [1.29, 1.82) is 5.26 Å². The summed E-state index contributed by atoms with van der Waals surface area (Å²) in [6.45, 7) is 2.83. The summed E-state index contributed by atoms with van der Waals surface area (Å²) < 4.78 is 85.5. The molecule has 1 saturated heterocycles. The molecular weight excluding hydrogens is 548 g/mol. The van der Waals surface area contributed by atoms with Crippen LogP contribution in [0.15, 0.2) is 46.3 Å². The Balaban J connectivity index is 1.46. The fraction of sp³-hybridized carbons (Fsp3) is 0.292. The normalized spacial score (nSPS) is 18.0. The Labute approximate surface area is 220 Å². The van der Waals surface area contributed by atoms with E-state index < -0.39 is 45.0 Å². The first-order valence-electron chi connectivity index (χ1n) is 11.3. The second-order valence-electron chi connectivity index (χ2n) is 8.21. The van der Waals surface area contributed by atoms with Crippen molar-refractivity contribution in [1.82, 2.24) is 9.21 Å². The van der Waals surface area contributed by atoms with E-state index in [2.05, 4.69) is 4.99 Å². The first-order valence-corrected chi connectivity index (χ1v) is 13.7. The Kier molecular flexibility index (Phi) is 7.82. The van der Waals surface area contributed by atoms with Crippen LogP contribution < -0.4 is 4.74 Å². The van der Waals surface area contributed by atoms with E-state index in [0.717, 1.165) is 36.0 Å². The van der Waals surface area contributed by atoms with Crippen LogP contribution in [0.4, 0.5) is 17.6 Å². The molecule has 2 aromatic rings. The van der Waals surface area contributed by atoms with Gasteiger partial charge in [0.05, 0.1) is 27.9 Å². The Morgan fingerprint density at radius 3 is 2.42 bits per heavy atom. The SMILES string of the molecule is CCS(=O)(=O)N1CCN(C2=NC(=O)/C(=C\c3ccc(Oc4ccc(C#N)cc4C(F)(F)F)c(F)c3)S2)CC1. The van der Waals surface area contributed by atoms with E-state index in [0.29, 0.717) is 24.3 Å². The summed E-state index contributed by atoms with van der Waals surface area (Å²) in [6.07, 6.45) is -3.42. The number of sulfonamides is 1. The number of piperazine rings is 1. The molecule has 200 valence electrons. The molecule has 2 aliphatic rings. The first kappa shape index (κ1) is 27.6. The second kappa shape index (κ2) is 10.8. The predicted octanol–water partition coefficient (Wildman–Crippen LogP) is 4.45. The summed E-state index contributed by atoms with van der Waals surface area (Å²) in [4.78, 5) is 18.5. The number of alkyl halides is 3. The zero-order valence-electron chi connectivity index (χ0n) is 19.8. The van der Waals surface area contributed by atoms with Gasteiger partial charge in [-0.1, -0.05) is 6.07 Å². The van der Waals surface area contributed by atoms with Gasteiger partial charge >= 0.3 is 6.18 Å². The maximum Gasteiger partial charge on any atom is 0.420 e. The predicted molar refractivity (Wildman–Crippen MR) is 133 cm³/mol. The highest BCUT2D eigenvalue weighted by atomic mass is 32.2. The molecule has 2 aliphatic heterocycles. The summed E-state index contributed by atoms with van der Waals surface area (Å²) in [6, 6.07) is 7.84. The van der Waals surface area contributed by atoms with Crippen molar-refractivity contribution in [3.63, 3.8) is 0 Å². The molecule has 14 heteroatoms. The summed E-state index contributed by atoms with van der Waals surface area (Å²) in [5, 5.41) is 9.29. The fourth-order valence-corrected chi connectivity index (χ4v) is 5.79. The third-order valence-electron chi connectivity index (χ3n) is 5.76. The molecule has 4 rings (SSSR count). The minimum atomic E-state index is -4.82. The molecule has 38 heavy (non-hydrogen) atoms. The lowest BCUT2D eigenvalue weighted by molar-refractivity contribution is -0.138. The zero-order chi connectivity index (χ0) is 27.7. The van der Waals surface area contributed by atoms with Crippen LogP contribution in [-0.2, 0) is 21.0 Å². The van der Waals surface area contributed by atoms with E-state index in [9.17, 15) is 30.8 Å². The molecule has 0 aliphatic carbocycles. The molecule has 0 radical (unpaired) electrons. The standard InChI is InChI=1S/C24H20F4N4O4S2/c1-2-38(34,35)32-9-7-31(8-10-32)23-30-22(33)21(37-23)13-15-3-6-20(18(25)12-15)36-19-5-4-16(14-29)11-17(19)24(26,27)28/h3-6,11-13H,2,7-10H2,1H3/b21-13+. The van der Waals surface area contributed by atoms with Crippen LogP contribution in [0.5, 0.6) is 11.5 Å². The van der Waals surface area contributed by atoms with Crippen molar-refractivity contribution >= 4 is 38.9 Å². The van der Waals surface area contributed by atoms with Crippen LogP contribution in [-0.4, -0.2) is 60.6 Å². The van der Waals surface area contributed by atoms with Gasteiger partial charge in [0.2, 0.25) is 10.0 Å². The van der Waals surface area contributed by atoms with Gasteiger partial charge in [-0.15, -0.1) is 0 Å². The lowest BCUT2D eigenvalue weighted by Gasteiger charge is -2.34. The van der Waals surface area contributed by atoms with Gasteiger partial charge in [0.15, 0.2) is 16.7 Å². The van der Waals surface area contributed by atoms with Crippen LogP contribution in [0.25, 0.3) is 6.08 Å². The van der Waals surface area contributed by atoms with Gasteiger partial charge in [-0.05, 0) is 60.7 Å². The monoisotopic (exact) mass is 568 g/mol. The molecule has 0 bridgehead atoms. The van der Waals surface area contributed by atoms with Crippen molar-refractivity contribution < 1.29 is 35.5 Å². The Morgan fingerprint density at radius 2 is 1.82 bits per heavy atom. The van der Waals surface area contributed by atoms with Gasteiger partial charge < -0.3 is 9.64 Å². The number of carbonyl (C=O) groups excluding carboxylic acids is 1. The van der Waals surface area contributed by atoms with E-state index in [4.69, 9.17) is 10.00 Å². The third-order valence-corrected chi connectivity index (χ3v) is 8.69. The number of aliphatic imine (C=N–C) groups is 1. The lowest BCUT2D eigenvalue weighted by atomic mass is 10.1. The molecular formula is C24H20F4N4O4S2. The van der Waals surface area contributed by atoms with Crippen LogP contribution in [0.1, 0.15) is 23.6 Å². The maximum absolute atomic E-state index is 14.7. The van der Waals surface area contributed by atoms with Crippen molar-refractivity contribution in [2.75, 3.05) is 31.9 Å². The van der Waals surface area contributed by atoms with E-state index in [1.54, 1.807) is 17.9 Å².